The summed E-state index contributed by atoms with van der Waals surface area (Å²) in [6.07, 6.45) is 3.45. The van der Waals surface area contributed by atoms with Gasteiger partial charge in [0.2, 0.25) is 0 Å². The number of methoxy groups -OCH3 is 1. The molecular weight excluding hydrogens is 200 g/mol. The Bertz CT molecular complexity index is 380. The molecule has 0 fully saturated rings. The Labute approximate surface area is 96.9 Å². The van der Waals surface area contributed by atoms with E-state index in [2.05, 4.69) is 0 Å². The van der Waals surface area contributed by atoms with E-state index >= 15 is 0 Å². The van der Waals surface area contributed by atoms with Gasteiger partial charge in [-0.25, -0.2) is 0 Å². The fraction of sp³-hybridized carbons (Fsp3) is 0.357. The average Bonchev–Trinajstić information content (AvgIpc) is 2.25. The fourth-order valence-electron chi connectivity index (χ4n) is 1.14. The molecule has 16 heavy (non-hydrogen) atoms. The van der Waals surface area contributed by atoms with Crippen LogP contribution in [0, 0.1) is 5.41 Å². The lowest BCUT2D eigenvalue weighted by atomic mass is 9.90. The van der Waals surface area contributed by atoms with Gasteiger partial charge in [0.1, 0.15) is 5.75 Å². The van der Waals surface area contributed by atoms with Crippen molar-refractivity contribution in [2.45, 2.75) is 20.8 Å². The summed E-state index contributed by atoms with van der Waals surface area (Å²) in [6, 6.07) is 7.60. The number of allylic oxidation sites excluding steroid dienone is 1. The molecule has 0 bridgehead atoms. The topological polar surface area (TPSA) is 26.3 Å². The number of carbonyl (C=O) groups is 1. The predicted molar refractivity (Wildman–Crippen MR) is 66.5 cm³/mol. The molecule has 1 rings (SSSR count). The number of hydrogen-bond acceptors (Lipinski definition) is 2. The lowest BCUT2D eigenvalue weighted by Gasteiger charge is -2.12. The number of carbonyl (C=O) groups excluding carboxylic acids is 1. The van der Waals surface area contributed by atoms with Crippen LogP contribution in [0.4, 0.5) is 0 Å². The van der Waals surface area contributed by atoms with Crippen LogP contribution >= 0.6 is 0 Å². The number of rotatable bonds is 3. The number of benzene rings is 1. The van der Waals surface area contributed by atoms with Gasteiger partial charge in [-0.2, -0.15) is 0 Å². The average molecular weight is 218 g/mol. The highest BCUT2D eigenvalue weighted by atomic mass is 16.5. The molecular formula is C14H18O2. The van der Waals surface area contributed by atoms with Crippen molar-refractivity contribution in [2.75, 3.05) is 7.11 Å². The third kappa shape index (κ3) is 3.54. The summed E-state index contributed by atoms with van der Waals surface area (Å²) in [6.45, 7) is 5.73. The second-order valence-electron chi connectivity index (χ2n) is 4.72. The van der Waals surface area contributed by atoms with Crippen molar-refractivity contribution in [3.63, 3.8) is 0 Å². The normalized spacial score (nSPS) is 11.8. The minimum Gasteiger partial charge on any atom is -0.497 e. The molecule has 0 saturated heterocycles. The zero-order valence-electron chi connectivity index (χ0n) is 10.3. The summed E-state index contributed by atoms with van der Waals surface area (Å²) in [5.74, 6) is 0.947. The van der Waals surface area contributed by atoms with Crippen LogP contribution in [0.5, 0.6) is 5.75 Å². The van der Waals surface area contributed by atoms with Crippen molar-refractivity contribution < 1.29 is 9.53 Å². The highest BCUT2D eigenvalue weighted by Gasteiger charge is 2.17. The van der Waals surface area contributed by atoms with Gasteiger partial charge < -0.3 is 4.74 Å². The second kappa shape index (κ2) is 4.97. The molecule has 1 aromatic carbocycles. The van der Waals surface area contributed by atoms with Crippen molar-refractivity contribution >= 4 is 11.9 Å². The van der Waals surface area contributed by atoms with Crippen molar-refractivity contribution in [3.8, 4) is 5.75 Å². The van der Waals surface area contributed by atoms with Crippen molar-refractivity contribution in [1.82, 2.24) is 0 Å². The monoisotopic (exact) mass is 218 g/mol. The third-order valence-corrected chi connectivity index (χ3v) is 2.28. The zero-order valence-corrected chi connectivity index (χ0v) is 10.3. The second-order valence-corrected chi connectivity index (χ2v) is 4.72. The Balaban J connectivity index is 2.73. The molecule has 0 spiro atoms. The van der Waals surface area contributed by atoms with E-state index in [4.69, 9.17) is 4.74 Å². The van der Waals surface area contributed by atoms with Crippen LogP contribution in [0.3, 0.4) is 0 Å². The summed E-state index contributed by atoms with van der Waals surface area (Å²) in [7, 11) is 1.63. The summed E-state index contributed by atoms with van der Waals surface area (Å²) >= 11 is 0. The number of ether oxygens (including phenoxy) is 1. The Hall–Kier alpha value is -1.57. The van der Waals surface area contributed by atoms with Gasteiger partial charge in [0.15, 0.2) is 5.78 Å². The van der Waals surface area contributed by atoms with E-state index in [9.17, 15) is 4.79 Å². The van der Waals surface area contributed by atoms with Crippen LogP contribution in [0.15, 0.2) is 30.3 Å². The van der Waals surface area contributed by atoms with Crippen molar-refractivity contribution in [1.29, 1.82) is 0 Å². The van der Waals surface area contributed by atoms with Gasteiger partial charge in [0, 0.05) is 5.41 Å². The van der Waals surface area contributed by atoms with Crippen molar-refractivity contribution in [2.24, 2.45) is 5.41 Å². The van der Waals surface area contributed by atoms with Crippen LogP contribution in [0.2, 0.25) is 0 Å². The van der Waals surface area contributed by atoms with Crippen LogP contribution in [-0.4, -0.2) is 12.9 Å². The quantitative estimate of drug-likeness (QED) is 0.727. The molecule has 2 heteroatoms. The zero-order chi connectivity index (χ0) is 12.2. The van der Waals surface area contributed by atoms with Crippen LogP contribution in [-0.2, 0) is 4.79 Å². The number of ketones is 1. The Morgan fingerprint density at radius 2 is 1.75 bits per heavy atom. The SMILES string of the molecule is COc1ccc(/C=C/C(=O)C(C)(C)C)cc1. The molecule has 0 heterocycles. The van der Waals surface area contributed by atoms with Gasteiger partial charge >= 0.3 is 0 Å². The van der Waals surface area contributed by atoms with E-state index in [-0.39, 0.29) is 11.2 Å². The smallest absolute Gasteiger partial charge is 0.161 e. The minimum absolute atomic E-state index is 0.128. The Morgan fingerprint density at radius 1 is 1.19 bits per heavy atom. The molecule has 0 aromatic heterocycles. The van der Waals surface area contributed by atoms with Crippen LogP contribution in [0.25, 0.3) is 6.08 Å². The highest BCUT2D eigenvalue weighted by Crippen LogP contribution is 2.17. The molecule has 0 N–H and O–H groups in total. The molecule has 0 aliphatic rings. The minimum atomic E-state index is -0.316. The van der Waals surface area contributed by atoms with Gasteiger partial charge in [-0.15, -0.1) is 0 Å². The summed E-state index contributed by atoms with van der Waals surface area (Å²) < 4.78 is 5.06. The van der Waals surface area contributed by atoms with E-state index in [0.29, 0.717) is 0 Å². The lowest BCUT2D eigenvalue weighted by molar-refractivity contribution is -0.121. The first-order valence-corrected chi connectivity index (χ1v) is 5.30. The van der Waals surface area contributed by atoms with E-state index < -0.39 is 0 Å². The molecule has 0 saturated carbocycles. The summed E-state index contributed by atoms with van der Waals surface area (Å²) in [4.78, 5) is 11.6. The molecule has 0 amide bonds. The standard InChI is InChI=1S/C14H18O2/c1-14(2,3)13(15)10-7-11-5-8-12(16-4)9-6-11/h5-10H,1-4H3/b10-7+. The molecule has 0 aliphatic carbocycles. The first-order valence-electron chi connectivity index (χ1n) is 5.30. The molecule has 86 valence electrons. The summed E-state index contributed by atoms with van der Waals surface area (Å²) in [5, 5.41) is 0. The van der Waals surface area contributed by atoms with Gasteiger partial charge in [0.05, 0.1) is 7.11 Å². The van der Waals surface area contributed by atoms with E-state index in [1.165, 1.54) is 0 Å². The van der Waals surface area contributed by atoms with Crippen LogP contribution in [0.1, 0.15) is 26.3 Å². The predicted octanol–water partition coefficient (Wildman–Crippen LogP) is 3.32. The number of hydrogen-bond donors (Lipinski definition) is 0. The molecule has 1 aromatic rings. The molecule has 2 nitrogen and oxygen atoms in total. The maximum atomic E-state index is 11.6. The van der Waals surface area contributed by atoms with E-state index in [1.807, 2.05) is 51.1 Å². The molecule has 0 atom stereocenters. The maximum Gasteiger partial charge on any atom is 0.161 e. The van der Waals surface area contributed by atoms with Gasteiger partial charge in [-0.05, 0) is 23.8 Å². The van der Waals surface area contributed by atoms with Gasteiger partial charge in [-0.3, -0.25) is 4.79 Å². The fourth-order valence-corrected chi connectivity index (χ4v) is 1.14. The highest BCUT2D eigenvalue weighted by molar-refractivity contribution is 5.97. The maximum absolute atomic E-state index is 11.6. The Morgan fingerprint density at radius 3 is 2.19 bits per heavy atom. The lowest BCUT2D eigenvalue weighted by Crippen LogP contribution is -2.17. The first-order chi connectivity index (χ1) is 7.43. The van der Waals surface area contributed by atoms with Gasteiger partial charge in [-0.1, -0.05) is 39.0 Å². The first kappa shape index (κ1) is 12.5. The van der Waals surface area contributed by atoms with Crippen molar-refractivity contribution in [3.05, 3.63) is 35.9 Å². The molecule has 0 radical (unpaired) electrons. The van der Waals surface area contributed by atoms with Gasteiger partial charge in [0.25, 0.3) is 0 Å². The third-order valence-electron chi connectivity index (χ3n) is 2.28. The summed E-state index contributed by atoms with van der Waals surface area (Å²) in [5.41, 5.74) is 0.682. The van der Waals surface area contributed by atoms with E-state index in [1.54, 1.807) is 13.2 Å². The molecule has 0 unspecified atom stereocenters. The Kier molecular flexibility index (Phi) is 3.88. The largest absolute Gasteiger partial charge is 0.497 e. The van der Waals surface area contributed by atoms with E-state index in [0.717, 1.165) is 11.3 Å². The van der Waals surface area contributed by atoms with Crippen LogP contribution < -0.4 is 4.74 Å². The molecule has 0 aliphatic heterocycles.